The lowest BCUT2D eigenvalue weighted by molar-refractivity contribution is -0.123. The summed E-state index contributed by atoms with van der Waals surface area (Å²) < 4.78 is 53.9. The average Bonchev–Trinajstić information content (AvgIpc) is 3.27. The molecule has 1 N–H and O–H groups in total. The lowest BCUT2D eigenvalue weighted by Crippen LogP contribution is -2.43. The summed E-state index contributed by atoms with van der Waals surface area (Å²) in [6.07, 6.45) is 5.52. The van der Waals surface area contributed by atoms with Gasteiger partial charge in [0.05, 0.1) is 12.2 Å². The van der Waals surface area contributed by atoms with Gasteiger partial charge in [0.2, 0.25) is 0 Å². The van der Waals surface area contributed by atoms with E-state index in [-0.39, 0.29) is 41.7 Å². The summed E-state index contributed by atoms with van der Waals surface area (Å²) in [7, 11) is -1.66. The monoisotopic (exact) mass is 595 g/mol. The molecule has 0 bridgehead atoms. The van der Waals surface area contributed by atoms with E-state index in [1.54, 1.807) is 6.20 Å². The number of para-hydroxylation sites is 1. The number of benzene rings is 2. The van der Waals surface area contributed by atoms with Crippen LogP contribution >= 0.6 is 0 Å². The molecular formula is C31H35F2N5O3S. The maximum absolute atomic E-state index is 15.1. The van der Waals surface area contributed by atoms with Gasteiger partial charge in [-0.15, -0.1) is 0 Å². The Labute approximate surface area is 244 Å². The third-order valence-electron chi connectivity index (χ3n) is 7.96. The third-order valence-corrected chi connectivity index (χ3v) is 9.07. The highest BCUT2D eigenvalue weighted by Gasteiger charge is 2.27. The van der Waals surface area contributed by atoms with E-state index in [1.807, 2.05) is 25.1 Å². The van der Waals surface area contributed by atoms with Crippen LogP contribution in [0.3, 0.4) is 0 Å². The molecule has 0 spiro atoms. The van der Waals surface area contributed by atoms with Gasteiger partial charge in [-0.05, 0) is 43.6 Å². The highest BCUT2D eigenvalue weighted by atomic mass is 32.2. The number of fused-ring (bicyclic) bond motifs is 1. The number of Topliss-reactive ketones (excluding diaryl/α,β-unsaturated/α-hetero) is 1. The van der Waals surface area contributed by atoms with Gasteiger partial charge in [-0.1, -0.05) is 37.3 Å². The van der Waals surface area contributed by atoms with E-state index >= 15 is 4.39 Å². The number of nitrogens with one attached hydrogen (secondary N) is 1. The second kappa shape index (κ2) is 12.4. The van der Waals surface area contributed by atoms with Crippen molar-refractivity contribution >= 4 is 26.5 Å². The zero-order valence-electron chi connectivity index (χ0n) is 24.0. The second-order valence-electron chi connectivity index (χ2n) is 11.0. The first kappa shape index (κ1) is 29.9. The fourth-order valence-corrected chi connectivity index (χ4v) is 6.54. The summed E-state index contributed by atoms with van der Waals surface area (Å²) >= 11 is 0. The lowest BCUT2D eigenvalue weighted by atomic mass is 9.98. The fraction of sp³-hybridized carbons (Fsp3) is 0.387. The van der Waals surface area contributed by atoms with Gasteiger partial charge in [-0.3, -0.25) is 9.69 Å². The van der Waals surface area contributed by atoms with Gasteiger partial charge in [-0.25, -0.2) is 27.2 Å². The van der Waals surface area contributed by atoms with Gasteiger partial charge in [0.25, 0.3) is 0 Å². The van der Waals surface area contributed by atoms with E-state index in [1.165, 1.54) is 18.2 Å². The highest BCUT2D eigenvalue weighted by molar-refractivity contribution is 7.90. The minimum atomic E-state index is -3.76. The van der Waals surface area contributed by atoms with Crippen LogP contribution < -0.4 is 0 Å². The number of ketones is 1. The Hall–Kier alpha value is -3.54. The number of hydrogen-bond donors (Lipinski definition) is 1. The summed E-state index contributed by atoms with van der Waals surface area (Å²) in [6, 6.07) is 9.54. The second-order valence-corrected chi connectivity index (χ2v) is 12.9. The molecule has 2 aromatic carbocycles. The topological polar surface area (TPSA) is 99.3 Å². The number of halogens is 2. The summed E-state index contributed by atoms with van der Waals surface area (Å²) in [6.45, 7) is 5.75. The van der Waals surface area contributed by atoms with Crippen molar-refractivity contribution in [3.05, 3.63) is 77.4 Å². The Morgan fingerprint density at radius 1 is 1.07 bits per heavy atom. The van der Waals surface area contributed by atoms with Crippen LogP contribution in [0.2, 0.25) is 0 Å². The van der Waals surface area contributed by atoms with Crippen LogP contribution in [-0.2, 0) is 27.5 Å². The summed E-state index contributed by atoms with van der Waals surface area (Å²) in [4.78, 5) is 29.3. The standard InChI is InChI=1S/C31H35F2N5O3S/c1-4-25(38-13-7-12-37(2)14-15-38)26(39)16-21-9-5-10-22-23(18-35-30(21)22)31-24(32)19-34-28(36-31)17-20-8-6-11-27(29(20)33)42(3,40)41/h5-6,8-11,18-19,25,35H,4,7,12-17H2,1-3H3/t25-/m1/s1. The van der Waals surface area contributed by atoms with Gasteiger partial charge in [0, 0.05) is 61.4 Å². The summed E-state index contributed by atoms with van der Waals surface area (Å²) in [5.41, 5.74) is 2.18. The number of aromatic nitrogens is 3. The molecule has 1 atom stereocenters. The first-order valence-corrected chi connectivity index (χ1v) is 16.0. The fourth-order valence-electron chi connectivity index (χ4n) is 5.76. The quantitative estimate of drug-likeness (QED) is 0.306. The maximum Gasteiger partial charge on any atom is 0.178 e. The highest BCUT2D eigenvalue weighted by Crippen LogP contribution is 2.32. The van der Waals surface area contributed by atoms with Crippen LogP contribution in [0.4, 0.5) is 8.78 Å². The Bertz CT molecular complexity index is 1720. The van der Waals surface area contributed by atoms with Crippen molar-refractivity contribution in [2.24, 2.45) is 0 Å². The molecule has 0 aliphatic carbocycles. The number of likely N-dealkylation sites (N-methyl/N-ethyl adjacent to an activating group) is 1. The van der Waals surface area contributed by atoms with Crippen LogP contribution in [0.15, 0.2) is 53.7 Å². The zero-order valence-corrected chi connectivity index (χ0v) is 24.8. The van der Waals surface area contributed by atoms with Crippen molar-refractivity contribution in [2.45, 2.75) is 43.5 Å². The van der Waals surface area contributed by atoms with Crippen molar-refractivity contribution in [3.63, 3.8) is 0 Å². The Morgan fingerprint density at radius 3 is 2.60 bits per heavy atom. The van der Waals surface area contributed by atoms with Crippen molar-refractivity contribution < 1.29 is 22.0 Å². The number of H-pyrrole nitrogens is 1. The number of aromatic amines is 1. The zero-order chi connectivity index (χ0) is 30.0. The molecule has 0 radical (unpaired) electrons. The molecule has 0 saturated carbocycles. The first-order valence-electron chi connectivity index (χ1n) is 14.1. The summed E-state index contributed by atoms with van der Waals surface area (Å²) in [5, 5.41) is 0.707. The first-order chi connectivity index (χ1) is 20.1. The van der Waals surface area contributed by atoms with E-state index in [9.17, 15) is 17.6 Å². The molecule has 5 rings (SSSR count). The van der Waals surface area contributed by atoms with Crippen molar-refractivity contribution in [1.29, 1.82) is 0 Å². The predicted molar refractivity (Wildman–Crippen MR) is 158 cm³/mol. The molecule has 3 heterocycles. The number of nitrogens with zero attached hydrogens (tertiary/aromatic N) is 4. The van der Waals surface area contributed by atoms with E-state index in [4.69, 9.17) is 0 Å². The Morgan fingerprint density at radius 2 is 1.83 bits per heavy atom. The molecule has 222 valence electrons. The number of hydrogen-bond acceptors (Lipinski definition) is 7. The number of carbonyl (C=O) groups is 1. The number of sulfone groups is 1. The van der Waals surface area contributed by atoms with Gasteiger partial charge in [-0.2, -0.15) is 0 Å². The Balaban J connectivity index is 1.42. The predicted octanol–water partition coefficient (Wildman–Crippen LogP) is 4.43. The molecule has 1 aliphatic rings. The molecule has 8 nitrogen and oxygen atoms in total. The summed E-state index contributed by atoms with van der Waals surface area (Å²) in [5.74, 6) is -1.22. The smallest absolute Gasteiger partial charge is 0.178 e. The van der Waals surface area contributed by atoms with Crippen LogP contribution in [0.1, 0.15) is 36.7 Å². The van der Waals surface area contributed by atoms with Gasteiger partial charge < -0.3 is 9.88 Å². The largest absolute Gasteiger partial charge is 0.360 e. The van der Waals surface area contributed by atoms with Crippen molar-refractivity contribution in [1.82, 2.24) is 24.8 Å². The van der Waals surface area contributed by atoms with E-state index < -0.39 is 26.4 Å². The van der Waals surface area contributed by atoms with Crippen LogP contribution in [-0.4, -0.2) is 84.5 Å². The van der Waals surface area contributed by atoms with E-state index in [0.717, 1.165) is 62.6 Å². The minimum Gasteiger partial charge on any atom is -0.360 e. The number of rotatable bonds is 9. The molecule has 11 heteroatoms. The maximum atomic E-state index is 15.1. The van der Waals surface area contributed by atoms with E-state index in [2.05, 4.69) is 31.8 Å². The molecule has 2 aromatic heterocycles. The molecule has 1 saturated heterocycles. The van der Waals surface area contributed by atoms with Gasteiger partial charge in [0.15, 0.2) is 21.4 Å². The van der Waals surface area contributed by atoms with Crippen LogP contribution in [0, 0.1) is 11.6 Å². The molecule has 1 fully saturated rings. The van der Waals surface area contributed by atoms with Crippen LogP contribution in [0.5, 0.6) is 0 Å². The average molecular weight is 596 g/mol. The van der Waals surface area contributed by atoms with Crippen LogP contribution in [0.25, 0.3) is 22.2 Å². The molecule has 42 heavy (non-hydrogen) atoms. The molecule has 4 aromatic rings. The third kappa shape index (κ3) is 6.28. The molecular weight excluding hydrogens is 560 g/mol. The van der Waals surface area contributed by atoms with Crippen molar-refractivity contribution in [2.75, 3.05) is 39.5 Å². The molecule has 0 amide bonds. The van der Waals surface area contributed by atoms with Crippen molar-refractivity contribution in [3.8, 4) is 11.3 Å². The molecule has 0 unspecified atom stereocenters. The van der Waals surface area contributed by atoms with Gasteiger partial charge in [0.1, 0.15) is 22.2 Å². The SMILES string of the molecule is CC[C@H](C(=O)Cc1cccc2c(-c3nc(Cc4cccc(S(C)(=O)=O)c4F)ncc3F)c[nH]c12)N1CCCN(C)CC1. The minimum absolute atomic E-state index is 0.0366. The lowest BCUT2D eigenvalue weighted by Gasteiger charge is -2.28. The normalized spacial score (nSPS) is 16.0. The molecule has 1 aliphatic heterocycles. The van der Waals surface area contributed by atoms with Gasteiger partial charge >= 0.3 is 0 Å². The van der Waals surface area contributed by atoms with E-state index in [0.29, 0.717) is 10.9 Å². The Kier molecular flexibility index (Phi) is 8.81. The number of carbonyl (C=O) groups excluding carboxylic acids is 1.